The lowest BCUT2D eigenvalue weighted by atomic mass is 10.1. The monoisotopic (exact) mass is 193 g/mol. The van der Waals surface area contributed by atoms with Crippen molar-refractivity contribution in [3.05, 3.63) is 23.8 Å². The first-order valence-corrected chi connectivity index (χ1v) is 4.99. The highest BCUT2D eigenvalue weighted by Crippen LogP contribution is 2.33. The van der Waals surface area contributed by atoms with Crippen LogP contribution in [0, 0.1) is 0 Å². The molecule has 1 aromatic rings. The van der Waals surface area contributed by atoms with E-state index in [0.29, 0.717) is 5.75 Å². The van der Waals surface area contributed by atoms with Crippen molar-refractivity contribution >= 4 is 5.69 Å². The Morgan fingerprint density at radius 3 is 3.00 bits per heavy atom. The molecule has 0 bridgehead atoms. The molecule has 0 atom stereocenters. The number of fused-ring (bicyclic) bond motifs is 1. The number of phenolic OH excluding ortho intramolecular Hbond substituents is 1. The number of phenols is 1. The molecule has 0 spiro atoms. The Hall–Kier alpha value is -1.22. The van der Waals surface area contributed by atoms with Crippen LogP contribution in [0.15, 0.2) is 18.2 Å². The van der Waals surface area contributed by atoms with Crippen molar-refractivity contribution in [1.82, 2.24) is 0 Å². The van der Waals surface area contributed by atoms with Crippen molar-refractivity contribution in [3.8, 4) is 5.75 Å². The normalized spacial score (nSPS) is 14.5. The summed E-state index contributed by atoms with van der Waals surface area (Å²) < 4.78 is 0. The predicted octanol–water partition coefficient (Wildman–Crippen LogP) is 1.14. The molecular weight excluding hydrogens is 178 g/mol. The minimum Gasteiger partial charge on any atom is -0.508 e. The molecule has 76 valence electrons. The highest BCUT2D eigenvalue weighted by Gasteiger charge is 2.20. The topological polar surface area (TPSA) is 43.7 Å². The van der Waals surface area contributed by atoms with Gasteiger partial charge in [-0.15, -0.1) is 0 Å². The Kier molecular flexibility index (Phi) is 2.59. The van der Waals surface area contributed by atoms with Gasteiger partial charge in [0.2, 0.25) is 0 Å². The number of nitrogens with zero attached hydrogens (tertiary/aromatic N) is 1. The van der Waals surface area contributed by atoms with Crippen LogP contribution in [-0.2, 0) is 6.42 Å². The minimum absolute atomic E-state index is 0.227. The van der Waals surface area contributed by atoms with E-state index in [9.17, 15) is 5.11 Å². The molecule has 2 N–H and O–H groups in total. The third-order valence-electron chi connectivity index (χ3n) is 2.69. The Morgan fingerprint density at radius 1 is 1.36 bits per heavy atom. The van der Waals surface area contributed by atoms with Gasteiger partial charge < -0.3 is 15.1 Å². The first-order chi connectivity index (χ1) is 6.83. The van der Waals surface area contributed by atoms with Crippen LogP contribution >= 0.6 is 0 Å². The van der Waals surface area contributed by atoms with Crippen LogP contribution in [0.25, 0.3) is 0 Å². The van der Waals surface area contributed by atoms with Gasteiger partial charge in [0, 0.05) is 30.9 Å². The van der Waals surface area contributed by atoms with Gasteiger partial charge in [-0.2, -0.15) is 0 Å². The van der Waals surface area contributed by atoms with E-state index in [1.165, 1.54) is 0 Å². The molecule has 2 rings (SSSR count). The van der Waals surface area contributed by atoms with E-state index >= 15 is 0 Å². The Balaban J connectivity index is 2.18. The Bertz CT molecular complexity index is 325. The number of aromatic hydroxyl groups is 1. The van der Waals surface area contributed by atoms with Crippen molar-refractivity contribution in [2.24, 2.45) is 0 Å². The maximum Gasteiger partial charge on any atom is 0.120 e. The second-order valence-electron chi connectivity index (χ2n) is 3.59. The first-order valence-electron chi connectivity index (χ1n) is 4.99. The van der Waals surface area contributed by atoms with E-state index in [0.717, 1.165) is 37.2 Å². The summed E-state index contributed by atoms with van der Waals surface area (Å²) >= 11 is 0. The lowest BCUT2D eigenvalue weighted by Gasteiger charge is -2.18. The summed E-state index contributed by atoms with van der Waals surface area (Å²) in [7, 11) is 0. The van der Waals surface area contributed by atoms with Crippen molar-refractivity contribution in [2.45, 2.75) is 12.8 Å². The SMILES string of the molecule is OCCCN1CCc2c(O)cccc21. The maximum absolute atomic E-state index is 9.60. The molecule has 1 aliphatic heterocycles. The standard InChI is InChI=1S/C11H15NO2/c13-8-2-6-12-7-5-9-10(12)3-1-4-11(9)14/h1,3-4,13-14H,2,5-8H2. The Morgan fingerprint density at radius 2 is 2.21 bits per heavy atom. The van der Waals surface area contributed by atoms with Crippen molar-refractivity contribution in [3.63, 3.8) is 0 Å². The van der Waals surface area contributed by atoms with Gasteiger partial charge in [0.15, 0.2) is 0 Å². The van der Waals surface area contributed by atoms with Crippen molar-refractivity contribution in [2.75, 3.05) is 24.6 Å². The molecule has 1 heterocycles. The summed E-state index contributed by atoms with van der Waals surface area (Å²) in [5, 5.41) is 18.4. The molecule has 0 amide bonds. The van der Waals surface area contributed by atoms with Crippen LogP contribution in [-0.4, -0.2) is 29.9 Å². The van der Waals surface area contributed by atoms with Crippen LogP contribution in [0.2, 0.25) is 0 Å². The van der Waals surface area contributed by atoms with Gasteiger partial charge >= 0.3 is 0 Å². The molecule has 0 saturated carbocycles. The van der Waals surface area contributed by atoms with E-state index in [-0.39, 0.29) is 6.61 Å². The third-order valence-corrected chi connectivity index (χ3v) is 2.69. The molecule has 0 unspecified atom stereocenters. The molecule has 0 saturated heterocycles. The lowest BCUT2D eigenvalue weighted by molar-refractivity contribution is 0.290. The molecule has 1 aliphatic rings. The van der Waals surface area contributed by atoms with E-state index in [1.807, 2.05) is 12.1 Å². The van der Waals surface area contributed by atoms with E-state index < -0.39 is 0 Å². The molecule has 0 radical (unpaired) electrons. The number of aliphatic hydroxyl groups excluding tert-OH is 1. The summed E-state index contributed by atoms with van der Waals surface area (Å²) in [5.41, 5.74) is 2.17. The van der Waals surface area contributed by atoms with Gasteiger partial charge in [0.25, 0.3) is 0 Å². The second-order valence-corrected chi connectivity index (χ2v) is 3.59. The van der Waals surface area contributed by atoms with Gasteiger partial charge in [-0.1, -0.05) is 6.07 Å². The molecule has 3 heteroatoms. The average molecular weight is 193 g/mol. The highest BCUT2D eigenvalue weighted by atomic mass is 16.3. The fourth-order valence-electron chi connectivity index (χ4n) is 1.98. The van der Waals surface area contributed by atoms with Crippen LogP contribution in [0.3, 0.4) is 0 Å². The van der Waals surface area contributed by atoms with Gasteiger partial charge in [-0.05, 0) is 25.0 Å². The largest absolute Gasteiger partial charge is 0.508 e. The molecule has 0 fully saturated rings. The summed E-state index contributed by atoms with van der Waals surface area (Å²) in [5.74, 6) is 0.397. The molecular formula is C11H15NO2. The van der Waals surface area contributed by atoms with Gasteiger partial charge in [-0.3, -0.25) is 0 Å². The number of benzene rings is 1. The fourth-order valence-corrected chi connectivity index (χ4v) is 1.98. The summed E-state index contributed by atoms with van der Waals surface area (Å²) in [4.78, 5) is 2.21. The number of aliphatic hydroxyl groups is 1. The summed E-state index contributed by atoms with van der Waals surface area (Å²) in [6.45, 7) is 2.05. The molecule has 14 heavy (non-hydrogen) atoms. The summed E-state index contributed by atoms with van der Waals surface area (Å²) in [6, 6.07) is 5.62. The minimum atomic E-state index is 0.227. The van der Waals surface area contributed by atoms with E-state index in [4.69, 9.17) is 5.11 Å². The van der Waals surface area contributed by atoms with E-state index in [2.05, 4.69) is 4.90 Å². The molecule has 0 aromatic heterocycles. The zero-order valence-electron chi connectivity index (χ0n) is 8.11. The first kappa shape index (κ1) is 9.34. The van der Waals surface area contributed by atoms with Crippen molar-refractivity contribution in [1.29, 1.82) is 0 Å². The third kappa shape index (κ3) is 1.55. The number of anilines is 1. The number of rotatable bonds is 3. The van der Waals surface area contributed by atoms with Crippen LogP contribution in [0.5, 0.6) is 5.75 Å². The van der Waals surface area contributed by atoms with Gasteiger partial charge in [0.1, 0.15) is 5.75 Å². The number of hydrogen-bond donors (Lipinski definition) is 2. The van der Waals surface area contributed by atoms with Crippen LogP contribution < -0.4 is 4.90 Å². The smallest absolute Gasteiger partial charge is 0.120 e. The summed E-state index contributed by atoms with van der Waals surface area (Å²) in [6.07, 6.45) is 1.70. The zero-order valence-corrected chi connectivity index (χ0v) is 8.11. The fraction of sp³-hybridized carbons (Fsp3) is 0.455. The second kappa shape index (κ2) is 3.88. The Labute approximate surface area is 83.6 Å². The highest BCUT2D eigenvalue weighted by molar-refractivity contribution is 5.62. The quantitative estimate of drug-likeness (QED) is 0.756. The average Bonchev–Trinajstić information content (AvgIpc) is 2.60. The molecule has 3 nitrogen and oxygen atoms in total. The van der Waals surface area contributed by atoms with E-state index in [1.54, 1.807) is 6.07 Å². The van der Waals surface area contributed by atoms with Gasteiger partial charge in [-0.25, -0.2) is 0 Å². The zero-order chi connectivity index (χ0) is 9.97. The molecule has 0 aliphatic carbocycles. The molecule has 1 aromatic carbocycles. The predicted molar refractivity (Wildman–Crippen MR) is 55.7 cm³/mol. The van der Waals surface area contributed by atoms with Crippen molar-refractivity contribution < 1.29 is 10.2 Å². The lowest BCUT2D eigenvalue weighted by Crippen LogP contribution is -2.22. The maximum atomic E-state index is 9.60. The van der Waals surface area contributed by atoms with Gasteiger partial charge in [0.05, 0.1) is 0 Å². The van der Waals surface area contributed by atoms with Crippen LogP contribution in [0.4, 0.5) is 5.69 Å². The number of hydrogen-bond acceptors (Lipinski definition) is 3. The van der Waals surface area contributed by atoms with Crippen LogP contribution in [0.1, 0.15) is 12.0 Å².